The molecule has 2 aromatic rings. The molecular formula is C16H16ClN5. The van der Waals surface area contributed by atoms with Gasteiger partial charge in [0.25, 0.3) is 0 Å². The highest BCUT2D eigenvalue weighted by Gasteiger charge is 2.13. The summed E-state index contributed by atoms with van der Waals surface area (Å²) in [5.41, 5.74) is 4.78. The molecule has 0 bridgehead atoms. The minimum atomic E-state index is 0.410. The number of rotatable bonds is 4. The lowest BCUT2D eigenvalue weighted by molar-refractivity contribution is 0.814. The Kier molecular flexibility index (Phi) is 4.65. The Morgan fingerprint density at radius 2 is 2.05 bits per heavy atom. The van der Waals surface area contributed by atoms with Crippen molar-refractivity contribution in [1.82, 2.24) is 10.2 Å². The van der Waals surface area contributed by atoms with E-state index in [1.165, 1.54) is 0 Å². The van der Waals surface area contributed by atoms with Crippen molar-refractivity contribution < 1.29 is 0 Å². The Morgan fingerprint density at radius 3 is 2.82 bits per heavy atom. The molecule has 0 aliphatic carbocycles. The number of hydrogen-bond donors (Lipinski definition) is 1. The van der Waals surface area contributed by atoms with Gasteiger partial charge in [-0.3, -0.25) is 5.43 Å². The number of nitrogens with zero attached hydrogens (tertiary/aromatic N) is 4. The van der Waals surface area contributed by atoms with Gasteiger partial charge in [-0.1, -0.05) is 54.1 Å². The molecule has 22 heavy (non-hydrogen) atoms. The van der Waals surface area contributed by atoms with Crippen molar-refractivity contribution >= 4 is 29.3 Å². The Labute approximate surface area is 134 Å². The van der Waals surface area contributed by atoms with Gasteiger partial charge in [-0.05, 0) is 12.0 Å². The van der Waals surface area contributed by atoms with Crippen LogP contribution in [0.15, 0.2) is 53.7 Å². The fraction of sp³-hybridized carbons (Fsp3) is 0.188. The van der Waals surface area contributed by atoms with Gasteiger partial charge < -0.3 is 4.90 Å². The SMILES string of the molecule is Clc1nnc(NN=Cc2ccccc2)cc1N1CC=CCC1. The average Bonchev–Trinajstić information content (AvgIpc) is 2.58. The third-order valence-electron chi connectivity index (χ3n) is 3.32. The molecule has 2 heterocycles. The van der Waals surface area contributed by atoms with Crippen molar-refractivity contribution in [3.05, 3.63) is 59.3 Å². The average molecular weight is 314 g/mol. The molecule has 0 fully saturated rings. The summed E-state index contributed by atoms with van der Waals surface area (Å²) in [6.07, 6.45) is 7.04. The Balaban J connectivity index is 1.72. The zero-order valence-electron chi connectivity index (χ0n) is 12.0. The zero-order chi connectivity index (χ0) is 15.2. The van der Waals surface area contributed by atoms with Crippen LogP contribution in [0, 0.1) is 0 Å². The van der Waals surface area contributed by atoms with Crippen molar-refractivity contribution in [3.8, 4) is 0 Å². The van der Waals surface area contributed by atoms with Crippen molar-refractivity contribution in [2.24, 2.45) is 5.10 Å². The standard InChI is InChI=1S/C16H16ClN5/c17-16-14(22-9-5-2-6-10-22)11-15(20-21-16)19-18-12-13-7-3-1-4-8-13/h1-5,7-8,11-12H,6,9-10H2,(H,19,20). The van der Waals surface area contributed by atoms with E-state index in [0.29, 0.717) is 11.0 Å². The Bertz CT molecular complexity index is 684. The first kappa shape index (κ1) is 14.5. The molecule has 0 radical (unpaired) electrons. The smallest absolute Gasteiger partial charge is 0.175 e. The highest BCUT2D eigenvalue weighted by Crippen LogP contribution is 2.26. The van der Waals surface area contributed by atoms with Gasteiger partial charge in [-0.2, -0.15) is 5.10 Å². The fourth-order valence-corrected chi connectivity index (χ4v) is 2.43. The first-order valence-corrected chi connectivity index (χ1v) is 7.48. The van der Waals surface area contributed by atoms with Crippen molar-refractivity contribution in [3.63, 3.8) is 0 Å². The molecule has 0 saturated carbocycles. The second kappa shape index (κ2) is 7.04. The quantitative estimate of drug-likeness (QED) is 0.534. The van der Waals surface area contributed by atoms with Gasteiger partial charge in [0, 0.05) is 19.2 Å². The summed E-state index contributed by atoms with van der Waals surface area (Å²) in [5, 5.41) is 12.6. The van der Waals surface area contributed by atoms with Crippen LogP contribution in [-0.2, 0) is 0 Å². The number of hydrogen-bond acceptors (Lipinski definition) is 5. The van der Waals surface area contributed by atoms with Crippen molar-refractivity contribution in [1.29, 1.82) is 0 Å². The highest BCUT2D eigenvalue weighted by molar-refractivity contribution is 6.32. The normalized spacial score (nSPS) is 14.5. The van der Waals surface area contributed by atoms with Crippen LogP contribution in [0.4, 0.5) is 11.5 Å². The van der Waals surface area contributed by atoms with Crippen LogP contribution < -0.4 is 10.3 Å². The van der Waals surface area contributed by atoms with Crippen LogP contribution in [0.5, 0.6) is 0 Å². The van der Waals surface area contributed by atoms with Gasteiger partial charge in [0.2, 0.25) is 0 Å². The predicted octanol–water partition coefficient (Wildman–Crippen LogP) is 3.34. The molecule has 3 rings (SSSR count). The van der Waals surface area contributed by atoms with Crippen molar-refractivity contribution in [2.45, 2.75) is 6.42 Å². The molecule has 0 saturated heterocycles. The number of benzene rings is 1. The minimum absolute atomic E-state index is 0.410. The van der Waals surface area contributed by atoms with E-state index in [9.17, 15) is 0 Å². The second-order valence-corrected chi connectivity index (χ2v) is 5.25. The first-order chi connectivity index (χ1) is 10.8. The fourth-order valence-electron chi connectivity index (χ4n) is 2.22. The molecule has 112 valence electrons. The first-order valence-electron chi connectivity index (χ1n) is 7.10. The van der Waals surface area contributed by atoms with Crippen LogP contribution in [0.2, 0.25) is 5.15 Å². The number of hydrazone groups is 1. The van der Waals surface area contributed by atoms with Gasteiger partial charge in [0.1, 0.15) is 0 Å². The molecule has 0 atom stereocenters. The largest absolute Gasteiger partial charge is 0.365 e. The van der Waals surface area contributed by atoms with Crippen LogP contribution in [0.3, 0.4) is 0 Å². The summed E-state index contributed by atoms with van der Waals surface area (Å²) in [6.45, 7) is 1.76. The van der Waals surface area contributed by atoms with Gasteiger partial charge in [-0.25, -0.2) is 0 Å². The van der Waals surface area contributed by atoms with E-state index in [4.69, 9.17) is 11.6 Å². The summed E-state index contributed by atoms with van der Waals surface area (Å²) >= 11 is 6.15. The van der Waals surface area contributed by atoms with Gasteiger partial charge in [-0.15, -0.1) is 10.2 Å². The lowest BCUT2D eigenvalue weighted by atomic mass is 10.2. The van der Waals surface area contributed by atoms with Crippen molar-refractivity contribution in [2.75, 3.05) is 23.4 Å². The van der Waals surface area contributed by atoms with E-state index >= 15 is 0 Å². The Morgan fingerprint density at radius 1 is 1.18 bits per heavy atom. The monoisotopic (exact) mass is 313 g/mol. The van der Waals surface area contributed by atoms with E-state index in [2.05, 4.69) is 37.8 Å². The highest BCUT2D eigenvalue weighted by atomic mass is 35.5. The molecule has 1 aliphatic heterocycles. The molecule has 0 amide bonds. The third-order valence-corrected chi connectivity index (χ3v) is 3.59. The maximum atomic E-state index is 6.15. The molecule has 1 aromatic carbocycles. The number of halogens is 1. The molecular weight excluding hydrogens is 298 g/mol. The van der Waals surface area contributed by atoms with E-state index in [1.54, 1.807) is 6.21 Å². The van der Waals surface area contributed by atoms with Crippen LogP contribution >= 0.6 is 11.6 Å². The Hall–Kier alpha value is -2.40. The predicted molar refractivity (Wildman–Crippen MR) is 90.7 cm³/mol. The minimum Gasteiger partial charge on any atom is -0.365 e. The maximum absolute atomic E-state index is 6.15. The van der Waals surface area contributed by atoms with E-state index in [0.717, 1.165) is 30.8 Å². The summed E-state index contributed by atoms with van der Waals surface area (Å²) in [5.74, 6) is 0.570. The third kappa shape index (κ3) is 3.62. The molecule has 0 unspecified atom stereocenters. The second-order valence-electron chi connectivity index (χ2n) is 4.89. The molecule has 5 nitrogen and oxygen atoms in total. The summed E-state index contributed by atoms with van der Waals surface area (Å²) in [4.78, 5) is 2.17. The summed E-state index contributed by atoms with van der Waals surface area (Å²) < 4.78 is 0. The van der Waals surface area contributed by atoms with Gasteiger partial charge in [0.05, 0.1) is 11.9 Å². The lowest BCUT2D eigenvalue weighted by Gasteiger charge is -2.25. The van der Waals surface area contributed by atoms with E-state index < -0.39 is 0 Å². The molecule has 1 aromatic heterocycles. The number of nitrogens with one attached hydrogen (secondary N) is 1. The lowest BCUT2D eigenvalue weighted by Crippen LogP contribution is -2.27. The summed E-state index contributed by atoms with van der Waals surface area (Å²) in [6, 6.07) is 11.7. The van der Waals surface area contributed by atoms with Gasteiger partial charge >= 0.3 is 0 Å². The van der Waals surface area contributed by atoms with E-state index in [-0.39, 0.29) is 0 Å². The molecule has 1 N–H and O–H groups in total. The molecule has 1 aliphatic rings. The molecule has 6 heteroatoms. The number of anilines is 2. The van der Waals surface area contributed by atoms with Crippen LogP contribution in [0.1, 0.15) is 12.0 Å². The van der Waals surface area contributed by atoms with Crippen LogP contribution in [-0.4, -0.2) is 29.5 Å². The zero-order valence-corrected chi connectivity index (χ0v) is 12.7. The van der Waals surface area contributed by atoms with E-state index in [1.807, 2.05) is 36.4 Å². The maximum Gasteiger partial charge on any atom is 0.175 e. The topological polar surface area (TPSA) is 53.4 Å². The molecule has 0 spiro atoms. The van der Waals surface area contributed by atoms with Gasteiger partial charge in [0.15, 0.2) is 11.0 Å². The number of aromatic nitrogens is 2. The van der Waals surface area contributed by atoms with Crippen LogP contribution in [0.25, 0.3) is 0 Å². The summed E-state index contributed by atoms with van der Waals surface area (Å²) in [7, 11) is 0.